The molecule has 1 aliphatic rings. The number of methoxy groups -OCH3 is 1. The Kier molecular flexibility index (Phi) is 4.72. The fourth-order valence-corrected chi connectivity index (χ4v) is 3.13. The Balaban J connectivity index is 1.73. The molecule has 0 saturated carbocycles. The second-order valence-electron chi connectivity index (χ2n) is 5.57. The Morgan fingerprint density at radius 2 is 2.04 bits per heavy atom. The lowest BCUT2D eigenvalue weighted by Crippen LogP contribution is -2.34. The minimum Gasteiger partial charge on any atom is -0.497 e. The van der Waals surface area contributed by atoms with E-state index in [1.165, 1.54) is 0 Å². The molecule has 1 aliphatic heterocycles. The van der Waals surface area contributed by atoms with Gasteiger partial charge in [0, 0.05) is 17.3 Å². The molecular weight excluding hydrogens is 312 g/mol. The lowest BCUT2D eigenvalue weighted by Gasteiger charge is -2.25. The van der Waals surface area contributed by atoms with E-state index in [2.05, 4.69) is 5.32 Å². The summed E-state index contributed by atoms with van der Waals surface area (Å²) in [4.78, 5) is 14.5. The number of nitrogens with one attached hydrogen (secondary N) is 1. The van der Waals surface area contributed by atoms with Crippen LogP contribution in [0.3, 0.4) is 0 Å². The SMILES string of the molecule is COc1ccc([C@H]2CCCN2C(=O)Nc2cccc(Cl)c2)cc1. The second kappa shape index (κ2) is 6.92. The molecule has 1 saturated heterocycles. The van der Waals surface area contributed by atoms with Crippen LogP contribution >= 0.6 is 11.6 Å². The number of anilines is 1. The summed E-state index contributed by atoms with van der Waals surface area (Å²) in [5.74, 6) is 0.821. The summed E-state index contributed by atoms with van der Waals surface area (Å²) < 4.78 is 5.19. The Labute approximate surface area is 141 Å². The van der Waals surface area contributed by atoms with Crippen molar-refractivity contribution in [1.29, 1.82) is 0 Å². The van der Waals surface area contributed by atoms with Gasteiger partial charge in [-0.05, 0) is 48.7 Å². The fourth-order valence-electron chi connectivity index (χ4n) is 2.94. The van der Waals surface area contributed by atoms with E-state index < -0.39 is 0 Å². The van der Waals surface area contributed by atoms with Gasteiger partial charge < -0.3 is 15.0 Å². The number of urea groups is 1. The normalized spacial score (nSPS) is 17.1. The van der Waals surface area contributed by atoms with Gasteiger partial charge in [-0.25, -0.2) is 4.79 Å². The summed E-state index contributed by atoms with van der Waals surface area (Å²) in [5.41, 5.74) is 1.84. The standard InChI is InChI=1S/C18H19ClN2O2/c1-23-16-9-7-13(8-10-16)17-6-3-11-21(17)18(22)20-15-5-2-4-14(19)12-15/h2,4-5,7-10,12,17H,3,6,11H2,1H3,(H,20,22)/t17-/m1/s1. The largest absolute Gasteiger partial charge is 0.497 e. The number of ether oxygens (including phenoxy) is 1. The van der Waals surface area contributed by atoms with Crippen LogP contribution in [0.1, 0.15) is 24.4 Å². The van der Waals surface area contributed by atoms with Gasteiger partial charge in [0.15, 0.2) is 0 Å². The number of nitrogens with zero attached hydrogens (tertiary/aromatic N) is 1. The third kappa shape index (κ3) is 3.59. The molecule has 0 aromatic heterocycles. The van der Waals surface area contributed by atoms with Crippen LogP contribution < -0.4 is 10.1 Å². The summed E-state index contributed by atoms with van der Waals surface area (Å²) in [6, 6.07) is 15.1. The maximum Gasteiger partial charge on any atom is 0.322 e. The number of amides is 2. The van der Waals surface area contributed by atoms with E-state index in [0.717, 1.165) is 30.7 Å². The quantitative estimate of drug-likeness (QED) is 0.884. The van der Waals surface area contributed by atoms with Gasteiger partial charge in [0.25, 0.3) is 0 Å². The van der Waals surface area contributed by atoms with Gasteiger partial charge >= 0.3 is 6.03 Å². The maximum absolute atomic E-state index is 12.6. The highest BCUT2D eigenvalue weighted by atomic mass is 35.5. The zero-order chi connectivity index (χ0) is 16.2. The van der Waals surface area contributed by atoms with Crippen molar-refractivity contribution in [3.8, 4) is 5.75 Å². The minimum atomic E-state index is -0.0921. The van der Waals surface area contributed by atoms with Gasteiger partial charge in [-0.2, -0.15) is 0 Å². The van der Waals surface area contributed by atoms with Crippen LogP contribution in [0.4, 0.5) is 10.5 Å². The van der Waals surface area contributed by atoms with Crippen molar-refractivity contribution in [2.24, 2.45) is 0 Å². The van der Waals surface area contributed by atoms with E-state index in [4.69, 9.17) is 16.3 Å². The smallest absolute Gasteiger partial charge is 0.322 e. The number of likely N-dealkylation sites (tertiary alicyclic amines) is 1. The first-order chi connectivity index (χ1) is 11.2. The average Bonchev–Trinajstić information content (AvgIpc) is 3.05. The molecule has 2 aromatic carbocycles. The number of hydrogen-bond donors (Lipinski definition) is 1. The van der Waals surface area contributed by atoms with Gasteiger partial charge in [0.1, 0.15) is 5.75 Å². The number of benzene rings is 2. The van der Waals surface area contributed by atoms with Crippen molar-refractivity contribution >= 4 is 23.3 Å². The fraction of sp³-hybridized carbons (Fsp3) is 0.278. The molecule has 1 atom stereocenters. The molecule has 23 heavy (non-hydrogen) atoms. The zero-order valence-corrected chi connectivity index (χ0v) is 13.7. The van der Waals surface area contributed by atoms with Crippen LogP contribution in [0.5, 0.6) is 5.75 Å². The molecule has 1 N–H and O–H groups in total. The minimum absolute atomic E-state index is 0.0921. The third-order valence-corrected chi connectivity index (χ3v) is 4.33. The molecule has 1 heterocycles. The van der Waals surface area contributed by atoms with Gasteiger partial charge in [0.05, 0.1) is 13.2 Å². The van der Waals surface area contributed by atoms with Gasteiger partial charge in [0.2, 0.25) is 0 Å². The second-order valence-corrected chi connectivity index (χ2v) is 6.00. The van der Waals surface area contributed by atoms with E-state index >= 15 is 0 Å². The van der Waals surface area contributed by atoms with Crippen molar-refractivity contribution < 1.29 is 9.53 Å². The van der Waals surface area contributed by atoms with E-state index in [0.29, 0.717) is 10.7 Å². The van der Waals surface area contributed by atoms with Crippen molar-refractivity contribution in [3.63, 3.8) is 0 Å². The lowest BCUT2D eigenvalue weighted by molar-refractivity contribution is 0.207. The molecule has 0 bridgehead atoms. The third-order valence-electron chi connectivity index (χ3n) is 4.09. The Bertz CT molecular complexity index is 688. The monoisotopic (exact) mass is 330 g/mol. The number of carbonyl (C=O) groups is 1. The first-order valence-corrected chi connectivity index (χ1v) is 8.02. The zero-order valence-electron chi connectivity index (χ0n) is 13.0. The van der Waals surface area contributed by atoms with E-state index in [1.54, 1.807) is 19.2 Å². The summed E-state index contributed by atoms with van der Waals surface area (Å²) in [7, 11) is 1.65. The highest BCUT2D eigenvalue weighted by Crippen LogP contribution is 2.33. The molecule has 2 amide bonds. The number of hydrogen-bond acceptors (Lipinski definition) is 2. The van der Waals surface area contributed by atoms with Crippen LogP contribution in [0.25, 0.3) is 0 Å². The van der Waals surface area contributed by atoms with Crippen molar-refractivity contribution in [2.75, 3.05) is 19.0 Å². The van der Waals surface area contributed by atoms with Crippen LogP contribution in [0, 0.1) is 0 Å². The lowest BCUT2D eigenvalue weighted by atomic mass is 10.0. The number of rotatable bonds is 3. The van der Waals surface area contributed by atoms with Crippen molar-refractivity contribution in [3.05, 3.63) is 59.1 Å². The predicted octanol–water partition coefficient (Wildman–Crippen LogP) is 4.72. The molecule has 2 aromatic rings. The molecule has 120 valence electrons. The molecule has 0 radical (unpaired) electrons. The molecular formula is C18H19ClN2O2. The Morgan fingerprint density at radius 1 is 1.26 bits per heavy atom. The van der Waals surface area contributed by atoms with Crippen LogP contribution in [-0.4, -0.2) is 24.6 Å². The molecule has 0 unspecified atom stereocenters. The summed E-state index contributed by atoms with van der Waals surface area (Å²) in [6.07, 6.45) is 1.97. The Hall–Kier alpha value is -2.20. The summed E-state index contributed by atoms with van der Waals surface area (Å²) >= 11 is 5.96. The van der Waals surface area contributed by atoms with Crippen molar-refractivity contribution in [1.82, 2.24) is 4.90 Å². The first-order valence-electron chi connectivity index (χ1n) is 7.64. The molecule has 0 aliphatic carbocycles. The number of carbonyl (C=O) groups excluding carboxylic acids is 1. The van der Waals surface area contributed by atoms with E-state index in [9.17, 15) is 4.79 Å². The maximum atomic E-state index is 12.6. The molecule has 3 rings (SSSR count). The first kappa shape index (κ1) is 15.7. The van der Waals surface area contributed by atoms with Crippen molar-refractivity contribution in [2.45, 2.75) is 18.9 Å². The highest BCUT2D eigenvalue weighted by molar-refractivity contribution is 6.30. The van der Waals surface area contributed by atoms with Gasteiger partial charge in [-0.3, -0.25) is 0 Å². The van der Waals surface area contributed by atoms with Gasteiger partial charge in [-0.15, -0.1) is 0 Å². The summed E-state index contributed by atoms with van der Waals surface area (Å²) in [6.45, 7) is 0.753. The van der Waals surface area contributed by atoms with Gasteiger partial charge in [-0.1, -0.05) is 29.8 Å². The van der Waals surface area contributed by atoms with Crippen LogP contribution in [0.15, 0.2) is 48.5 Å². The highest BCUT2D eigenvalue weighted by Gasteiger charge is 2.30. The van der Waals surface area contributed by atoms with Crippen LogP contribution in [0.2, 0.25) is 5.02 Å². The average molecular weight is 331 g/mol. The molecule has 5 heteroatoms. The Morgan fingerprint density at radius 3 is 2.74 bits per heavy atom. The summed E-state index contributed by atoms with van der Waals surface area (Å²) in [5, 5.41) is 3.53. The molecule has 1 fully saturated rings. The van der Waals surface area contributed by atoms with Crippen LogP contribution in [-0.2, 0) is 0 Å². The van der Waals surface area contributed by atoms with E-state index in [1.807, 2.05) is 41.3 Å². The molecule has 0 spiro atoms. The topological polar surface area (TPSA) is 41.6 Å². The predicted molar refractivity (Wildman–Crippen MR) is 92.1 cm³/mol. The molecule has 4 nitrogen and oxygen atoms in total. The number of halogens is 1. The van der Waals surface area contributed by atoms with E-state index in [-0.39, 0.29) is 12.1 Å².